The summed E-state index contributed by atoms with van der Waals surface area (Å²) in [4.78, 5) is 11.6. The van der Waals surface area contributed by atoms with Gasteiger partial charge in [-0.2, -0.15) is 15.0 Å². The first-order chi connectivity index (χ1) is 7.58. The van der Waals surface area contributed by atoms with Crippen LogP contribution in [0.5, 0.6) is 0 Å². The highest BCUT2D eigenvalue weighted by Gasteiger charge is 2.11. The molecule has 0 amide bonds. The Hall–Kier alpha value is -2.57. The highest BCUT2D eigenvalue weighted by molar-refractivity contribution is 5.83. The Labute approximate surface area is 91.5 Å². The Morgan fingerprint density at radius 3 is 1.75 bits per heavy atom. The van der Waals surface area contributed by atoms with Crippen molar-refractivity contribution in [3.05, 3.63) is 18.2 Å². The lowest BCUT2D eigenvalue weighted by Crippen LogP contribution is -2.06. The van der Waals surface area contributed by atoms with Crippen LogP contribution in [-0.2, 0) is 0 Å². The Balaban J connectivity index is 2.67. The van der Waals surface area contributed by atoms with Gasteiger partial charge in [0, 0.05) is 11.4 Å². The second-order valence-electron chi connectivity index (χ2n) is 3.19. The molecule has 0 bridgehead atoms. The van der Waals surface area contributed by atoms with Crippen LogP contribution in [0, 0.1) is 0 Å². The lowest BCUT2D eigenvalue weighted by atomic mass is 10.1. The van der Waals surface area contributed by atoms with Crippen LogP contribution >= 0.6 is 0 Å². The summed E-state index contributed by atoms with van der Waals surface area (Å²) in [5.74, 6) is 0.343. The fraction of sp³-hybridized carbons (Fsp3) is 0. The summed E-state index contributed by atoms with van der Waals surface area (Å²) in [7, 11) is 0. The smallest absolute Gasteiger partial charge is 0.225 e. The minimum atomic E-state index is 0.0325. The largest absolute Gasteiger partial charge is 0.398 e. The van der Waals surface area contributed by atoms with Crippen molar-refractivity contribution < 1.29 is 0 Å². The Morgan fingerprint density at radius 1 is 0.750 bits per heavy atom. The first-order valence-electron chi connectivity index (χ1n) is 4.49. The van der Waals surface area contributed by atoms with Gasteiger partial charge in [0.1, 0.15) is 0 Å². The van der Waals surface area contributed by atoms with Crippen LogP contribution < -0.4 is 22.9 Å². The van der Waals surface area contributed by atoms with Crippen molar-refractivity contribution in [2.75, 3.05) is 22.9 Å². The van der Waals surface area contributed by atoms with E-state index in [4.69, 9.17) is 22.9 Å². The zero-order valence-corrected chi connectivity index (χ0v) is 8.38. The molecule has 0 unspecified atom stereocenters. The summed E-state index contributed by atoms with van der Waals surface area (Å²) in [5, 5.41) is 0. The van der Waals surface area contributed by atoms with Crippen LogP contribution in [0.4, 0.5) is 23.3 Å². The van der Waals surface area contributed by atoms with E-state index in [1.165, 1.54) is 0 Å². The molecule has 0 aliphatic carbocycles. The molecule has 7 nitrogen and oxygen atoms in total. The third kappa shape index (κ3) is 1.65. The molecule has 1 heterocycles. The van der Waals surface area contributed by atoms with Gasteiger partial charge >= 0.3 is 0 Å². The zero-order chi connectivity index (χ0) is 11.7. The number of aromatic nitrogens is 3. The monoisotopic (exact) mass is 217 g/mol. The van der Waals surface area contributed by atoms with Crippen molar-refractivity contribution in [1.29, 1.82) is 0 Å². The molecule has 16 heavy (non-hydrogen) atoms. The third-order valence-electron chi connectivity index (χ3n) is 2.02. The van der Waals surface area contributed by atoms with Crippen LogP contribution in [0.15, 0.2) is 18.2 Å². The first kappa shape index (κ1) is 9.97. The summed E-state index contributed by atoms with van der Waals surface area (Å²) in [6.45, 7) is 0. The van der Waals surface area contributed by atoms with Crippen LogP contribution in [-0.4, -0.2) is 15.0 Å². The fourth-order valence-corrected chi connectivity index (χ4v) is 1.37. The first-order valence-corrected chi connectivity index (χ1v) is 4.49. The molecule has 0 atom stereocenters. The molecule has 0 aliphatic heterocycles. The van der Waals surface area contributed by atoms with Crippen LogP contribution in [0.1, 0.15) is 0 Å². The lowest BCUT2D eigenvalue weighted by Gasteiger charge is -2.07. The van der Waals surface area contributed by atoms with Gasteiger partial charge < -0.3 is 22.9 Å². The lowest BCUT2D eigenvalue weighted by molar-refractivity contribution is 1.09. The number of benzene rings is 1. The van der Waals surface area contributed by atoms with Gasteiger partial charge in [0.15, 0.2) is 5.82 Å². The standard InChI is InChI=1S/C9H11N7/c10-4-2-1-3-5(11)6(4)7-14-8(12)16-9(13)15-7/h1-3H,10-11H2,(H4,12,13,14,15,16). The average molecular weight is 217 g/mol. The van der Waals surface area contributed by atoms with Gasteiger partial charge in [-0.05, 0) is 12.1 Å². The summed E-state index contributed by atoms with van der Waals surface area (Å²) < 4.78 is 0. The van der Waals surface area contributed by atoms with Crippen molar-refractivity contribution in [3.63, 3.8) is 0 Å². The molecule has 8 N–H and O–H groups in total. The quantitative estimate of drug-likeness (QED) is 0.487. The highest BCUT2D eigenvalue weighted by atomic mass is 15.1. The van der Waals surface area contributed by atoms with E-state index in [0.717, 1.165) is 0 Å². The zero-order valence-electron chi connectivity index (χ0n) is 8.38. The SMILES string of the molecule is Nc1nc(N)nc(-c2c(N)cccc2N)n1. The van der Waals surface area contributed by atoms with Crippen molar-refractivity contribution in [2.45, 2.75) is 0 Å². The maximum Gasteiger partial charge on any atom is 0.225 e. The van der Waals surface area contributed by atoms with E-state index >= 15 is 0 Å². The van der Waals surface area contributed by atoms with Gasteiger partial charge in [-0.15, -0.1) is 0 Å². The van der Waals surface area contributed by atoms with Crippen molar-refractivity contribution in [2.24, 2.45) is 0 Å². The second-order valence-corrected chi connectivity index (χ2v) is 3.19. The van der Waals surface area contributed by atoms with Gasteiger partial charge in [-0.1, -0.05) is 6.07 Å². The summed E-state index contributed by atoms with van der Waals surface area (Å²) in [6.07, 6.45) is 0. The predicted molar refractivity (Wildman–Crippen MR) is 62.9 cm³/mol. The summed E-state index contributed by atoms with van der Waals surface area (Å²) in [5.41, 5.74) is 24.0. The number of hydrogen-bond donors (Lipinski definition) is 4. The molecule has 0 fully saturated rings. The molecule has 1 aromatic carbocycles. The van der Waals surface area contributed by atoms with Crippen LogP contribution in [0.2, 0.25) is 0 Å². The molecular weight excluding hydrogens is 206 g/mol. The predicted octanol–water partition coefficient (Wildman–Crippen LogP) is -0.133. The van der Waals surface area contributed by atoms with Crippen LogP contribution in [0.3, 0.4) is 0 Å². The molecule has 0 radical (unpaired) electrons. The van der Waals surface area contributed by atoms with Crippen molar-refractivity contribution >= 4 is 23.3 Å². The van der Waals surface area contributed by atoms with Crippen molar-refractivity contribution in [3.8, 4) is 11.4 Å². The second kappa shape index (κ2) is 3.54. The number of hydrogen-bond acceptors (Lipinski definition) is 7. The molecule has 2 aromatic rings. The van der Waals surface area contributed by atoms with E-state index in [9.17, 15) is 0 Å². The molecule has 2 rings (SSSR count). The van der Waals surface area contributed by atoms with Gasteiger partial charge in [-0.3, -0.25) is 0 Å². The molecule has 0 saturated heterocycles. The number of nitrogen functional groups attached to an aromatic ring is 4. The maximum absolute atomic E-state index is 5.79. The van der Waals surface area contributed by atoms with Crippen LogP contribution in [0.25, 0.3) is 11.4 Å². The van der Waals surface area contributed by atoms with Gasteiger partial charge in [0.25, 0.3) is 0 Å². The molecule has 0 saturated carbocycles. The summed E-state index contributed by atoms with van der Waals surface area (Å²) >= 11 is 0. The fourth-order valence-electron chi connectivity index (χ4n) is 1.37. The van der Waals surface area contributed by atoms with Gasteiger partial charge in [-0.25, -0.2) is 0 Å². The molecule has 7 heteroatoms. The normalized spacial score (nSPS) is 10.2. The Bertz CT molecular complexity index is 497. The van der Waals surface area contributed by atoms with E-state index in [1.807, 2.05) is 0 Å². The average Bonchev–Trinajstić information content (AvgIpc) is 2.15. The molecule has 0 aliphatic rings. The van der Waals surface area contributed by atoms with Crippen molar-refractivity contribution in [1.82, 2.24) is 15.0 Å². The van der Waals surface area contributed by atoms with E-state index in [-0.39, 0.29) is 17.7 Å². The van der Waals surface area contributed by atoms with Gasteiger partial charge in [0.05, 0.1) is 5.56 Å². The topological polar surface area (TPSA) is 143 Å². The van der Waals surface area contributed by atoms with E-state index < -0.39 is 0 Å². The van der Waals surface area contributed by atoms with E-state index in [2.05, 4.69) is 15.0 Å². The van der Waals surface area contributed by atoms with E-state index in [0.29, 0.717) is 16.9 Å². The highest BCUT2D eigenvalue weighted by Crippen LogP contribution is 2.29. The Morgan fingerprint density at radius 2 is 1.25 bits per heavy atom. The number of anilines is 4. The minimum absolute atomic E-state index is 0.0325. The summed E-state index contributed by atoms with van der Waals surface area (Å²) in [6, 6.07) is 5.13. The maximum atomic E-state index is 5.79. The third-order valence-corrected chi connectivity index (χ3v) is 2.02. The number of nitrogens with zero attached hydrogens (tertiary/aromatic N) is 3. The van der Waals surface area contributed by atoms with E-state index in [1.54, 1.807) is 18.2 Å². The molecular formula is C9H11N7. The number of nitrogens with two attached hydrogens (primary N) is 4. The minimum Gasteiger partial charge on any atom is -0.398 e. The molecule has 1 aromatic heterocycles. The Kier molecular flexibility index (Phi) is 2.20. The number of rotatable bonds is 1. The molecule has 0 spiro atoms. The molecule has 82 valence electrons. The van der Waals surface area contributed by atoms with Gasteiger partial charge in [0.2, 0.25) is 11.9 Å².